The maximum atomic E-state index is 12.6. The Morgan fingerprint density at radius 3 is 2.24 bits per heavy atom. The van der Waals surface area contributed by atoms with Crippen LogP contribution in [0.1, 0.15) is 33.6 Å². The summed E-state index contributed by atoms with van der Waals surface area (Å²) in [6.45, 7) is 1.18. The van der Waals surface area contributed by atoms with Crippen molar-refractivity contribution in [2.45, 2.75) is 18.9 Å². The van der Waals surface area contributed by atoms with Gasteiger partial charge in [-0.2, -0.15) is 0 Å². The van der Waals surface area contributed by atoms with Crippen molar-refractivity contribution < 1.29 is 14.7 Å². The maximum absolute atomic E-state index is 12.6. The third-order valence-electron chi connectivity index (χ3n) is 4.37. The number of nitrogens with zero attached hydrogens (tertiary/aromatic N) is 1. The topological polar surface area (TPSA) is 69.6 Å². The molecule has 0 radical (unpaired) electrons. The van der Waals surface area contributed by atoms with Gasteiger partial charge in [-0.25, -0.2) is 0 Å². The zero-order valence-corrected chi connectivity index (χ0v) is 15.2. The van der Waals surface area contributed by atoms with E-state index in [9.17, 15) is 14.7 Å². The number of likely N-dealkylation sites (tertiary alicyclic amines) is 1. The predicted molar refractivity (Wildman–Crippen MR) is 98.6 cm³/mol. The Morgan fingerprint density at radius 1 is 1.00 bits per heavy atom. The second-order valence-corrected chi connectivity index (χ2v) is 6.89. The lowest BCUT2D eigenvalue weighted by atomic mass is 10.0. The molecule has 1 aliphatic heterocycles. The van der Waals surface area contributed by atoms with E-state index in [1.54, 1.807) is 24.3 Å². The van der Waals surface area contributed by atoms with Gasteiger partial charge in [0.05, 0.1) is 11.1 Å². The van der Waals surface area contributed by atoms with E-state index in [4.69, 9.17) is 0 Å². The fourth-order valence-corrected chi connectivity index (χ4v) is 3.42. The summed E-state index contributed by atoms with van der Waals surface area (Å²) >= 11 is 3.41. The molecule has 2 aromatic rings. The second-order valence-electron chi connectivity index (χ2n) is 6.04. The predicted octanol–water partition coefficient (Wildman–Crippen LogP) is 3.19. The highest BCUT2D eigenvalue weighted by atomic mass is 79.9. The lowest BCUT2D eigenvalue weighted by Crippen LogP contribution is -2.46. The number of hydrogen-bond acceptors (Lipinski definition) is 3. The number of halogens is 1. The fraction of sp³-hybridized carbons (Fsp3) is 0.263. The van der Waals surface area contributed by atoms with Gasteiger partial charge in [0.25, 0.3) is 11.8 Å². The average Bonchev–Trinajstić information content (AvgIpc) is 2.62. The van der Waals surface area contributed by atoms with Crippen molar-refractivity contribution >= 4 is 27.7 Å². The number of piperidine rings is 1. The number of amides is 2. The highest BCUT2D eigenvalue weighted by molar-refractivity contribution is 9.10. The van der Waals surface area contributed by atoms with Crippen LogP contribution in [0.2, 0.25) is 0 Å². The van der Waals surface area contributed by atoms with Gasteiger partial charge in [-0.1, -0.05) is 24.3 Å². The van der Waals surface area contributed by atoms with Crippen LogP contribution in [0.25, 0.3) is 0 Å². The third-order valence-corrected chi connectivity index (χ3v) is 5.06. The Morgan fingerprint density at radius 2 is 1.60 bits per heavy atom. The van der Waals surface area contributed by atoms with Crippen molar-refractivity contribution in [2.24, 2.45) is 0 Å². The summed E-state index contributed by atoms with van der Waals surface area (Å²) in [5, 5.41) is 12.7. The monoisotopic (exact) mass is 402 g/mol. The first-order valence-electron chi connectivity index (χ1n) is 8.19. The molecule has 0 saturated carbocycles. The molecule has 5 nitrogen and oxygen atoms in total. The van der Waals surface area contributed by atoms with Gasteiger partial charge >= 0.3 is 0 Å². The summed E-state index contributed by atoms with van der Waals surface area (Å²) < 4.78 is 0.787. The molecule has 2 N–H and O–H groups in total. The van der Waals surface area contributed by atoms with Crippen molar-refractivity contribution in [3.05, 3.63) is 64.1 Å². The number of nitrogens with one attached hydrogen (secondary N) is 1. The van der Waals surface area contributed by atoms with E-state index in [1.807, 2.05) is 23.1 Å². The molecule has 3 rings (SSSR count). The molecule has 25 heavy (non-hydrogen) atoms. The van der Waals surface area contributed by atoms with Crippen molar-refractivity contribution in [2.75, 3.05) is 13.1 Å². The van der Waals surface area contributed by atoms with Crippen LogP contribution < -0.4 is 5.32 Å². The number of phenols is 1. The van der Waals surface area contributed by atoms with Gasteiger partial charge in [-0.3, -0.25) is 9.59 Å². The number of phenolic OH excluding ortho intramolecular Hbond substituents is 1. The molecule has 2 amide bonds. The van der Waals surface area contributed by atoms with Crippen LogP contribution in [0.4, 0.5) is 0 Å². The number of aromatic hydroxyl groups is 1. The largest absolute Gasteiger partial charge is 0.507 e. The quantitative estimate of drug-likeness (QED) is 0.827. The molecular weight excluding hydrogens is 384 g/mol. The summed E-state index contributed by atoms with van der Waals surface area (Å²) in [5.74, 6) is -0.312. The fourth-order valence-electron chi connectivity index (χ4n) is 2.96. The first-order valence-corrected chi connectivity index (χ1v) is 8.98. The van der Waals surface area contributed by atoms with Crippen molar-refractivity contribution in [3.8, 4) is 5.75 Å². The summed E-state index contributed by atoms with van der Waals surface area (Å²) in [6.07, 6.45) is 1.38. The molecule has 130 valence electrons. The van der Waals surface area contributed by atoms with Crippen molar-refractivity contribution in [1.82, 2.24) is 10.2 Å². The minimum atomic E-state index is -0.284. The molecule has 2 aromatic carbocycles. The molecule has 1 saturated heterocycles. The van der Waals surface area contributed by atoms with E-state index < -0.39 is 0 Å². The van der Waals surface area contributed by atoms with E-state index in [1.165, 1.54) is 6.07 Å². The molecule has 0 aliphatic carbocycles. The molecule has 0 spiro atoms. The minimum Gasteiger partial charge on any atom is -0.507 e. The Bertz CT molecular complexity index is 786. The van der Waals surface area contributed by atoms with Crippen molar-refractivity contribution in [1.29, 1.82) is 0 Å². The number of carbonyl (C=O) groups excluding carboxylic acids is 2. The summed E-state index contributed by atoms with van der Waals surface area (Å²) in [4.78, 5) is 26.7. The number of rotatable bonds is 3. The summed E-state index contributed by atoms with van der Waals surface area (Å²) in [5.41, 5.74) is 0.924. The molecule has 1 aliphatic rings. The van der Waals surface area contributed by atoms with E-state index in [0.29, 0.717) is 31.5 Å². The molecule has 0 atom stereocenters. The summed E-state index contributed by atoms with van der Waals surface area (Å²) in [7, 11) is 0. The Labute approximate surface area is 154 Å². The molecule has 6 heteroatoms. The molecule has 1 fully saturated rings. The second kappa shape index (κ2) is 7.70. The van der Waals surface area contributed by atoms with Gasteiger partial charge in [-0.15, -0.1) is 0 Å². The van der Waals surface area contributed by atoms with Crippen LogP contribution in [0, 0.1) is 0 Å². The zero-order chi connectivity index (χ0) is 17.8. The third kappa shape index (κ3) is 4.02. The first-order chi connectivity index (χ1) is 12.1. The average molecular weight is 403 g/mol. The van der Waals surface area contributed by atoms with Crippen LogP contribution in [-0.2, 0) is 0 Å². The normalized spacial score (nSPS) is 15.0. The van der Waals surface area contributed by atoms with Gasteiger partial charge < -0.3 is 15.3 Å². The smallest absolute Gasteiger partial charge is 0.255 e. The van der Waals surface area contributed by atoms with Crippen LogP contribution in [0.15, 0.2) is 53.0 Å². The van der Waals surface area contributed by atoms with Crippen molar-refractivity contribution in [3.63, 3.8) is 0 Å². The van der Waals surface area contributed by atoms with Gasteiger partial charge in [0.2, 0.25) is 0 Å². The number of carbonyl (C=O) groups is 2. The van der Waals surface area contributed by atoms with Crippen LogP contribution in [0.5, 0.6) is 5.75 Å². The molecule has 0 aromatic heterocycles. The van der Waals surface area contributed by atoms with Gasteiger partial charge in [0.1, 0.15) is 5.75 Å². The highest BCUT2D eigenvalue weighted by Crippen LogP contribution is 2.21. The van der Waals surface area contributed by atoms with Crippen LogP contribution in [0.3, 0.4) is 0 Å². The van der Waals surface area contributed by atoms with Gasteiger partial charge in [-0.05, 0) is 53.0 Å². The van der Waals surface area contributed by atoms with Gasteiger partial charge in [0, 0.05) is 23.6 Å². The number of para-hydroxylation sites is 1. The number of benzene rings is 2. The van der Waals surface area contributed by atoms with E-state index >= 15 is 0 Å². The molecule has 1 heterocycles. The lowest BCUT2D eigenvalue weighted by molar-refractivity contribution is 0.0697. The Hall–Kier alpha value is -2.34. The molecule has 0 unspecified atom stereocenters. The van der Waals surface area contributed by atoms with Crippen LogP contribution in [-0.4, -0.2) is 41.0 Å². The standard InChI is InChI=1S/C19H19BrN2O3/c20-16-7-3-1-5-14(16)19(25)22-11-9-13(10-12-22)21-18(24)15-6-2-4-8-17(15)23/h1-8,13,23H,9-12H2,(H,21,24). The van der Waals surface area contributed by atoms with Crippen LogP contribution >= 0.6 is 15.9 Å². The molecular formula is C19H19BrN2O3. The van der Waals surface area contributed by atoms with Gasteiger partial charge in [0.15, 0.2) is 0 Å². The van der Waals surface area contributed by atoms with E-state index in [-0.39, 0.29) is 29.2 Å². The SMILES string of the molecule is O=C(NC1CCN(C(=O)c2ccccc2Br)CC1)c1ccccc1O. The Balaban J connectivity index is 1.57. The summed E-state index contributed by atoms with van der Waals surface area (Å²) in [6, 6.07) is 13.9. The maximum Gasteiger partial charge on any atom is 0.255 e. The number of hydrogen-bond donors (Lipinski definition) is 2. The highest BCUT2D eigenvalue weighted by Gasteiger charge is 2.26. The zero-order valence-electron chi connectivity index (χ0n) is 13.6. The lowest BCUT2D eigenvalue weighted by Gasteiger charge is -2.32. The van der Waals surface area contributed by atoms with E-state index in [2.05, 4.69) is 21.2 Å². The van der Waals surface area contributed by atoms with E-state index in [0.717, 1.165) is 4.47 Å². The first kappa shape index (κ1) is 17.5. The molecule has 0 bridgehead atoms. The Kier molecular flexibility index (Phi) is 5.38. The minimum absolute atomic E-state index is 0.00189.